The Morgan fingerprint density at radius 3 is 2.94 bits per heavy atom. The molecule has 2 heterocycles. The second-order valence-electron chi connectivity index (χ2n) is 4.09. The fraction of sp³-hybridized carbons (Fsp3) is 0.545. The number of hydrogen-bond donors (Lipinski definition) is 1. The van der Waals surface area contributed by atoms with Crippen molar-refractivity contribution < 1.29 is 19.1 Å². The average molecular weight is 238 g/mol. The molecule has 1 unspecified atom stereocenters. The molecule has 1 saturated heterocycles. The lowest BCUT2D eigenvalue weighted by molar-refractivity contribution is -0.133. The Morgan fingerprint density at radius 1 is 1.53 bits per heavy atom. The van der Waals surface area contributed by atoms with Gasteiger partial charge < -0.3 is 14.4 Å². The van der Waals surface area contributed by atoms with Gasteiger partial charge in [-0.25, -0.2) is 9.78 Å². The number of likely N-dealkylation sites (tertiary alicyclic amines) is 1. The Kier molecular flexibility index (Phi) is 3.12. The van der Waals surface area contributed by atoms with E-state index in [1.807, 2.05) is 0 Å². The van der Waals surface area contributed by atoms with Crippen LogP contribution >= 0.6 is 0 Å². The first-order valence-electron chi connectivity index (χ1n) is 5.55. The van der Waals surface area contributed by atoms with Crippen LogP contribution in [0.25, 0.3) is 0 Å². The molecule has 0 aromatic carbocycles. The smallest absolute Gasteiger partial charge is 0.358 e. The topological polar surface area (TPSA) is 83.6 Å². The van der Waals surface area contributed by atoms with Crippen molar-refractivity contribution in [2.75, 3.05) is 6.54 Å². The Labute approximate surface area is 98.2 Å². The number of amides is 1. The number of aromatic carboxylic acids is 1. The number of aromatic nitrogens is 1. The molecule has 0 bridgehead atoms. The van der Waals surface area contributed by atoms with Crippen LogP contribution in [0.4, 0.5) is 0 Å². The van der Waals surface area contributed by atoms with Gasteiger partial charge >= 0.3 is 5.97 Å². The summed E-state index contributed by atoms with van der Waals surface area (Å²) in [6.07, 6.45) is 3.72. The van der Waals surface area contributed by atoms with E-state index in [-0.39, 0.29) is 23.4 Å². The predicted octanol–water partition coefficient (Wildman–Crippen LogP) is 1.45. The highest BCUT2D eigenvalue weighted by Gasteiger charge is 2.32. The molecule has 1 aromatic heterocycles. The maximum absolute atomic E-state index is 11.5. The van der Waals surface area contributed by atoms with Gasteiger partial charge in [0, 0.05) is 13.5 Å². The third-order valence-corrected chi connectivity index (χ3v) is 3.01. The molecule has 1 amide bonds. The number of carbonyl (C=O) groups is 2. The number of rotatable bonds is 2. The van der Waals surface area contributed by atoms with Gasteiger partial charge in [-0.3, -0.25) is 4.79 Å². The lowest BCUT2D eigenvalue weighted by Crippen LogP contribution is -2.37. The molecule has 0 spiro atoms. The van der Waals surface area contributed by atoms with Gasteiger partial charge in [0.1, 0.15) is 0 Å². The van der Waals surface area contributed by atoms with E-state index in [4.69, 9.17) is 9.52 Å². The van der Waals surface area contributed by atoms with Crippen LogP contribution in [0.15, 0.2) is 10.8 Å². The van der Waals surface area contributed by atoms with E-state index in [1.54, 1.807) is 4.90 Å². The van der Waals surface area contributed by atoms with Crippen LogP contribution < -0.4 is 0 Å². The van der Waals surface area contributed by atoms with Crippen molar-refractivity contribution in [3.8, 4) is 0 Å². The number of carbonyl (C=O) groups excluding carboxylic acids is 1. The van der Waals surface area contributed by atoms with Gasteiger partial charge in [0.15, 0.2) is 17.8 Å². The van der Waals surface area contributed by atoms with Crippen LogP contribution in [0, 0.1) is 0 Å². The first-order valence-corrected chi connectivity index (χ1v) is 5.55. The zero-order valence-corrected chi connectivity index (χ0v) is 9.55. The highest BCUT2D eigenvalue weighted by Crippen LogP contribution is 2.32. The van der Waals surface area contributed by atoms with Crippen molar-refractivity contribution in [1.29, 1.82) is 0 Å². The van der Waals surface area contributed by atoms with E-state index in [9.17, 15) is 9.59 Å². The predicted molar refractivity (Wildman–Crippen MR) is 57.4 cm³/mol. The second-order valence-corrected chi connectivity index (χ2v) is 4.09. The molecule has 1 aliphatic heterocycles. The van der Waals surface area contributed by atoms with Crippen molar-refractivity contribution in [2.24, 2.45) is 0 Å². The third-order valence-electron chi connectivity index (χ3n) is 3.01. The van der Waals surface area contributed by atoms with Gasteiger partial charge in [-0.15, -0.1) is 0 Å². The summed E-state index contributed by atoms with van der Waals surface area (Å²) in [4.78, 5) is 27.8. The quantitative estimate of drug-likeness (QED) is 0.842. The van der Waals surface area contributed by atoms with Gasteiger partial charge in [-0.05, 0) is 19.3 Å². The van der Waals surface area contributed by atoms with Crippen molar-refractivity contribution >= 4 is 11.9 Å². The van der Waals surface area contributed by atoms with Crippen LogP contribution in [0.3, 0.4) is 0 Å². The Bertz CT molecular complexity index is 440. The summed E-state index contributed by atoms with van der Waals surface area (Å²) < 4.78 is 5.16. The molecule has 2 rings (SSSR count). The summed E-state index contributed by atoms with van der Waals surface area (Å²) >= 11 is 0. The first-order chi connectivity index (χ1) is 8.11. The lowest BCUT2D eigenvalue weighted by Gasteiger charge is -2.33. The number of oxazole rings is 1. The van der Waals surface area contributed by atoms with Crippen LogP contribution in [0.1, 0.15) is 48.5 Å². The number of hydrogen-bond acceptors (Lipinski definition) is 4. The summed E-state index contributed by atoms with van der Waals surface area (Å²) in [6.45, 7) is 2.12. The highest BCUT2D eigenvalue weighted by atomic mass is 16.4. The molecule has 1 N–H and O–H groups in total. The van der Waals surface area contributed by atoms with E-state index in [1.165, 1.54) is 6.92 Å². The van der Waals surface area contributed by atoms with Crippen molar-refractivity contribution in [3.63, 3.8) is 0 Å². The molecule has 6 nitrogen and oxygen atoms in total. The van der Waals surface area contributed by atoms with Crippen LogP contribution in [-0.2, 0) is 4.79 Å². The molecule has 1 fully saturated rings. The standard InChI is InChI=1S/C11H14N2O4/c1-7(14)13-5-3-2-4-8(13)10-9(11(15)16)12-6-17-10/h6,8H,2-5H2,1H3,(H,15,16). The molecule has 0 radical (unpaired) electrons. The van der Waals surface area contributed by atoms with Gasteiger partial charge in [-0.1, -0.05) is 0 Å². The zero-order valence-electron chi connectivity index (χ0n) is 9.55. The monoisotopic (exact) mass is 238 g/mol. The largest absolute Gasteiger partial charge is 0.476 e. The molecule has 17 heavy (non-hydrogen) atoms. The van der Waals surface area contributed by atoms with Crippen LogP contribution in [-0.4, -0.2) is 33.4 Å². The van der Waals surface area contributed by atoms with Gasteiger partial charge in [0.2, 0.25) is 5.91 Å². The average Bonchev–Trinajstić information content (AvgIpc) is 2.77. The maximum Gasteiger partial charge on any atom is 0.358 e. The number of nitrogens with zero attached hydrogens (tertiary/aromatic N) is 2. The minimum atomic E-state index is -1.12. The van der Waals surface area contributed by atoms with Gasteiger partial charge in [-0.2, -0.15) is 0 Å². The molecule has 1 aromatic rings. The molecule has 0 aliphatic carbocycles. The van der Waals surface area contributed by atoms with Crippen molar-refractivity contribution in [2.45, 2.75) is 32.2 Å². The van der Waals surface area contributed by atoms with Crippen LogP contribution in [0.2, 0.25) is 0 Å². The molecular formula is C11H14N2O4. The summed E-state index contributed by atoms with van der Waals surface area (Å²) in [5.74, 6) is -0.905. The highest BCUT2D eigenvalue weighted by molar-refractivity contribution is 5.86. The van der Waals surface area contributed by atoms with E-state index in [2.05, 4.69) is 4.98 Å². The van der Waals surface area contributed by atoms with E-state index in [0.717, 1.165) is 25.7 Å². The second kappa shape index (κ2) is 4.57. The molecule has 1 aliphatic rings. The summed E-state index contributed by atoms with van der Waals surface area (Å²) in [5.41, 5.74) is -0.0943. The van der Waals surface area contributed by atoms with Crippen molar-refractivity contribution in [3.05, 3.63) is 17.8 Å². The van der Waals surface area contributed by atoms with Crippen LogP contribution in [0.5, 0.6) is 0 Å². The Balaban J connectivity index is 2.32. The SMILES string of the molecule is CC(=O)N1CCCCC1c1ocnc1C(=O)O. The van der Waals surface area contributed by atoms with E-state index >= 15 is 0 Å². The summed E-state index contributed by atoms with van der Waals surface area (Å²) in [5, 5.41) is 8.98. The minimum absolute atomic E-state index is 0.0672. The molecule has 1 atom stereocenters. The third kappa shape index (κ3) is 2.15. The zero-order chi connectivity index (χ0) is 12.4. The lowest BCUT2D eigenvalue weighted by atomic mass is 9.99. The van der Waals surface area contributed by atoms with Crippen molar-refractivity contribution in [1.82, 2.24) is 9.88 Å². The maximum atomic E-state index is 11.5. The number of carboxylic acid groups (broad SMARTS) is 1. The fourth-order valence-corrected chi connectivity index (χ4v) is 2.23. The Morgan fingerprint density at radius 2 is 2.29 bits per heavy atom. The number of carboxylic acids is 1. The summed E-state index contributed by atoms with van der Waals surface area (Å²) in [6, 6.07) is -0.296. The van der Waals surface area contributed by atoms with Gasteiger partial charge in [0.25, 0.3) is 0 Å². The Hall–Kier alpha value is -1.85. The molecule has 92 valence electrons. The molecule has 0 saturated carbocycles. The normalized spacial score (nSPS) is 20.3. The molecular weight excluding hydrogens is 224 g/mol. The first kappa shape index (κ1) is 11.6. The number of piperidine rings is 1. The minimum Gasteiger partial charge on any atom is -0.476 e. The molecule has 6 heteroatoms. The van der Waals surface area contributed by atoms with E-state index in [0.29, 0.717) is 6.54 Å². The summed E-state index contributed by atoms with van der Waals surface area (Å²) in [7, 11) is 0. The van der Waals surface area contributed by atoms with Gasteiger partial charge in [0.05, 0.1) is 6.04 Å². The van der Waals surface area contributed by atoms with E-state index < -0.39 is 5.97 Å². The fourth-order valence-electron chi connectivity index (χ4n) is 2.23.